The number of carbonyl (C=O) groups excluding carboxylic acids is 2. The topological polar surface area (TPSA) is 74.3 Å². The van der Waals surface area contributed by atoms with E-state index < -0.39 is 6.04 Å². The van der Waals surface area contributed by atoms with E-state index in [1.54, 1.807) is 25.3 Å². The number of aryl methyl sites for hydroxylation is 1. The van der Waals surface area contributed by atoms with E-state index in [4.69, 9.17) is 0 Å². The van der Waals surface area contributed by atoms with Gasteiger partial charge in [-0.1, -0.05) is 17.7 Å². The van der Waals surface area contributed by atoms with E-state index in [-0.39, 0.29) is 11.8 Å². The maximum atomic E-state index is 12.3. The zero-order valence-corrected chi connectivity index (χ0v) is 15.2. The Morgan fingerprint density at radius 3 is 2.58 bits per heavy atom. The number of anilines is 2. The molecule has 2 amide bonds. The van der Waals surface area contributed by atoms with Crippen molar-refractivity contribution >= 4 is 23.3 Å². The second kappa shape index (κ2) is 7.99. The molecule has 136 valence electrons. The Kier molecular flexibility index (Phi) is 5.51. The molecule has 1 aliphatic heterocycles. The molecule has 2 heterocycles. The maximum absolute atomic E-state index is 12.3. The summed E-state index contributed by atoms with van der Waals surface area (Å²) in [6.07, 6.45) is 4.04. The van der Waals surface area contributed by atoms with Gasteiger partial charge in [0.15, 0.2) is 0 Å². The predicted octanol–water partition coefficient (Wildman–Crippen LogP) is 2.75. The van der Waals surface area contributed by atoms with Gasteiger partial charge in [-0.05, 0) is 51.0 Å². The second-order valence-corrected chi connectivity index (χ2v) is 6.65. The van der Waals surface area contributed by atoms with Crippen LogP contribution in [0.15, 0.2) is 42.6 Å². The van der Waals surface area contributed by atoms with Gasteiger partial charge in [-0.2, -0.15) is 0 Å². The van der Waals surface area contributed by atoms with Crippen molar-refractivity contribution in [3.63, 3.8) is 0 Å². The van der Waals surface area contributed by atoms with Crippen LogP contribution in [0.1, 0.15) is 35.7 Å². The lowest BCUT2D eigenvalue weighted by atomic mass is 10.1. The minimum atomic E-state index is -0.652. The maximum Gasteiger partial charge on any atom is 0.251 e. The zero-order chi connectivity index (χ0) is 18.5. The number of aromatic nitrogens is 1. The van der Waals surface area contributed by atoms with Gasteiger partial charge < -0.3 is 15.5 Å². The molecule has 2 aromatic rings. The van der Waals surface area contributed by atoms with Crippen molar-refractivity contribution in [2.45, 2.75) is 32.7 Å². The molecular formula is C20H24N4O2. The van der Waals surface area contributed by atoms with E-state index in [1.165, 1.54) is 12.8 Å². The molecule has 2 N–H and O–H groups in total. The molecule has 26 heavy (non-hydrogen) atoms. The van der Waals surface area contributed by atoms with Crippen molar-refractivity contribution in [3.8, 4) is 0 Å². The first-order valence-corrected chi connectivity index (χ1v) is 8.92. The fraction of sp³-hybridized carbons (Fsp3) is 0.350. The van der Waals surface area contributed by atoms with Crippen molar-refractivity contribution < 1.29 is 9.59 Å². The van der Waals surface area contributed by atoms with Gasteiger partial charge >= 0.3 is 0 Å². The van der Waals surface area contributed by atoms with Gasteiger partial charge in [-0.3, -0.25) is 9.59 Å². The third-order valence-electron chi connectivity index (χ3n) is 4.47. The molecule has 0 unspecified atom stereocenters. The Bertz CT molecular complexity index is 783. The zero-order valence-electron chi connectivity index (χ0n) is 15.2. The Labute approximate surface area is 153 Å². The van der Waals surface area contributed by atoms with Crippen LogP contribution in [0.5, 0.6) is 0 Å². The molecule has 1 aliphatic rings. The number of nitrogens with zero attached hydrogens (tertiary/aromatic N) is 2. The molecule has 6 heteroatoms. The van der Waals surface area contributed by atoms with Gasteiger partial charge in [0.1, 0.15) is 11.9 Å². The highest BCUT2D eigenvalue weighted by molar-refractivity contribution is 6.01. The van der Waals surface area contributed by atoms with Gasteiger partial charge in [0.2, 0.25) is 5.91 Å². The van der Waals surface area contributed by atoms with Crippen molar-refractivity contribution in [1.29, 1.82) is 0 Å². The number of hydrogen-bond acceptors (Lipinski definition) is 4. The first-order chi connectivity index (χ1) is 12.5. The number of hydrogen-bond donors (Lipinski definition) is 2. The van der Waals surface area contributed by atoms with Gasteiger partial charge in [-0.25, -0.2) is 4.98 Å². The van der Waals surface area contributed by atoms with Gasteiger partial charge in [0.05, 0.1) is 11.9 Å². The summed E-state index contributed by atoms with van der Waals surface area (Å²) in [7, 11) is 0. The van der Waals surface area contributed by atoms with E-state index in [2.05, 4.69) is 20.5 Å². The summed E-state index contributed by atoms with van der Waals surface area (Å²) in [5, 5.41) is 5.51. The van der Waals surface area contributed by atoms with Crippen LogP contribution in [0.3, 0.4) is 0 Å². The number of carbonyl (C=O) groups is 2. The Hall–Kier alpha value is -2.89. The van der Waals surface area contributed by atoms with Crippen molar-refractivity contribution in [3.05, 3.63) is 53.7 Å². The average Bonchev–Trinajstić information content (AvgIpc) is 3.17. The molecule has 0 radical (unpaired) electrons. The van der Waals surface area contributed by atoms with E-state index in [0.29, 0.717) is 11.3 Å². The minimum Gasteiger partial charge on any atom is -0.357 e. The molecule has 0 saturated carbocycles. The van der Waals surface area contributed by atoms with E-state index in [9.17, 15) is 9.59 Å². The van der Waals surface area contributed by atoms with Crippen LogP contribution in [0.4, 0.5) is 11.5 Å². The van der Waals surface area contributed by atoms with Crippen molar-refractivity contribution in [2.24, 2.45) is 0 Å². The summed E-state index contributed by atoms with van der Waals surface area (Å²) in [6.45, 7) is 5.64. The quantitative estimate of drug-likeness (QED) is 0.868. The lowest BCUT2D eigenvalue weighted by Gasteiger charge is -2.17. The highest BCUT2D eigenvalue weighted by atomic mass is 16.2. The Morgan fingerprint density at radius 2 is 1.92 bits per heavy atom. The molecule has 1 aromatic heterocycles. The lowest BCUT2D eigenvalue weighted by molar-refractivity contribution is -0.117. The molecule has 1 aromatic carbocycles. The Balaban J connectivity index is 1.56. The van der Waals surface area contributed by atoms with E-state index >= 15 is 0 Å². The Morgan fingerprint density at radius 1 is 1.15 bits per heavy atom. The summed E-state index contributed by atoms with van der Waals surface area (Å²) >= 11 is 0. The molecular weight excluding hydrogens is 328 g/mol. The van der Waals surface area contributed by atoms with Gasteiger partial charge in [-0.15, -0.1) is 0 Å². The number of nitrogens with one attached hydrogen (secondary N) is 2. The first-order valence-electron chi connectivity index (χ1n) is 8.92. The van der Waals surface area contributed by atoms with Crippen molar-refractivity contribution in [1.82, 2.24) is 10.3 Å². The minimum absolute atomic E-state index is 0.265. The number of amides is 2. The number of pyridine rings is 1. The van der Waals surface area contributed by atoms with Crippen LogP contribution >= 0.6 is 0 Å². The van der Waals surface area contributed by atoms with Crippen LogP contribution in [0, 0.1) is 6.92 Å². The summed E-state index contributed by atoms with van der Waals surface area (Å²) in [4.78, 5) is 31.2. The van der Waals surface area contributed by atoms with Crippen LogP contribution in [0.25, 0.3) is 0 Å². The monoisotopic (exact) mass is 352 g/mol. The molecule has 1 atom stereocenters. The van der Waals surface area contributed by atoms with Crippen LogP contribution in [-0.2, 0) is 4.79 Å². The number of rotatable bonds is 5. The highest BCUT2D eigenvalue weighted by Crippen LogP contribution is 2.19. The third-order valence-corrected chi connectivity index (χ3v) is 4.47. The summed E-state index contributed by atoms with van der Waals surface area (Å²) in [5.41, 5.74) is 2.16. The molecule has 0 bridgehead atoms. The van der Waals surface area contributed by atoms with Crippen molar-refractivity contribution in [2.75, 3.05) is 23.3 Å². The molecule has 1 saturated heterocycles. The van der Waals surface area contributed by atoms with E-state index in [0.717, 1.165) is 24.5 Å². The number of benzene rings is 1. The first kappa shape index (κ1) is 17.9. The predicted molar refractivity (Wildman–Crippen MR) is 102 cm³/mol. The smallest absolute Gasteiger partial charge is 0.251 e. The summed E-state index contributed by atoms with van der Waals surface area (Å²) < 4.78 is 0. The van der Waals surface area contributed by atoms with Crippen LogP contribution < -0.4 is 15.5 Å². The normalized spacial score (nSPS) is 14.8. The standard InChI is InChI=1S/C20H24N4O2/c1-14-6-5-7-16(12-14)20(26)22-15(2)19(25)23-17-8-9-18(21-13-17)24-10-3-4-11-24/h5-9,12-13,15H,3-4,10-11H2,1-2H3,(H,22,26)(H,23,25)/t15-/m0/s1. The summed E-state index contributed by atoms with van der Waals surface area (Å²) in [5.74, 6) is 0.391. The average molecular weight is 352 g/mol. The largest absolute Gasteiger partial charge is 0.357 e. The third kappa shape index (κ3) is 4.39. The molecule has 0 spiro atoms. The summed E-state index contributed by atoms with van der Waals surface area (Å²) in [6, 6.07) is 10.4. The second-order valence-electron chi connectivity index (χ2n) is 6.65. The molecule has 3 rings (SSSR count). The van der Waals surface area contributed by atoms with Crippen LogP contribution in [-0.4, -0.2) is 35.9 Å². The van der Waals surface area contributed by atoms with Gasteiger partial charge in [0.25, 0.3) is 5.91 Å². The fourth-order valence-electron chi connectivity index (χ4n) is 2.98. The lowest BCUT2D eigenvalue weighted by Crippen LogP contribution is -2.41. The fourth-order valence-corrected chi connectivity index (χ4v) is 2.98. The van der Waals surface area contributed by atoms with Gasteiger partial charge in [0, 0.05) is 18.7 Å². The molecule has 6 nitrogen and oxygen atoms in total. The SMILES string of the molecule is Cc1cccc(C(=O)N[C@@H](C)C(=O)Nc2ccc(N3CCCC3)nc2)c1. The van der Waals surface area contributed by atoms with Crippen LogP contribution in [0.2, 0.25) is 0 Å². The molecule has 1 fully saturated rings. The van der Waals surface area contributed by atoms with E-state index in [1.807, 2.05) is 31.2 Å². The highest BCUT2D eigenvalue weighted by Gasteiger charge is 2.18. The molecule has 0 aliphatic carbocycles.